The van der Waals surface area contributed by atoms with Gasteiger partial charge in [0.2, 0.25) is 0 Å². The van der Waals surface area contributed by atoms with Crippen molar-refractivity contribution in [1.29, 1.82) is 0 Å². The fourth-order valence-electron chi connectivity index (χ4n) is 4.19. The van der Waals surface area contributed by atoms with Gasteiger partial charge in [-0.05, 0) is 51.0 Å². The van der Waals surface area contributed by atoms with Crippen LogP contribution in [0.2, 0.25) is 4.34 Å². The minimum absolute atomic E-state index is 0.149. The third-order valence-corrected chi connectivity index (χ3v) is 7.31. The van der Waals surface area contributed by atoms with Crippen LogP contribution in [-0.2, 0) is 6.54 Å². The van der Waals surface area contributed by atoms with Gasteiger partial charge in [-0.15, -0.1) is 11.3 Å². The lowest BCUT2D eigenvalue weighted by atomic mass is 10.0. The molecule has 34 heavy (non-hydrogen) atoms. The van der Waals surface area contributed by atoms with Crippen LogP contribution >= 0.6 is 22.9 Å². The zero-order valence-electron chi connectivity index (χ0n) is 19.0. The first-order valence-corrected chi connectivity index (χ1v) is 12.5. The molecule has 0 radical (unpaired) electrons. The molecule has 10 heteroatoms. The number of piperidine rings is 1. The first-order valence-electron chi connectivity index (χ1n) is 11.3. The van der Waals surface area contributed by atoms with Crippen molar-refractivity contribution in [1.82, 2.24) is 25.2 Å². The first kappa shape index (κ1) is 22.9. The summed E-state index contributed by atoms with van der Waals surface area (Å²) in [6.45, 7) is 6.71. The Balaban J connectivity index is 1.33. The Morgan fingerprint density at radius 2 is 2.06 bits per heavy atom. The Bertz CT molecular complexity index is 1250. The second kappa shape index (κ2) is 9.77. The Labute approximate surface area is 206 Å². The van der Waals surface area contributed by atoms with E-state index < -0.39 is 0 Å². The van der Waals surface area contributed by atoms with Crippen molar-refractivity contribution in [3.05, 3.63) is 58.4 Å². The summed E-state index contributed by atoms with van der Waals surface area (Å²) in [7, 11) is 0. The molecule has 1 aliphatic rings. The number of rotatable bonds is 7. The minimum atomic E-state index is -0.177. The molecular formula is C24H26ClN5O3S. The van der Waals surface area contributed by atoms with Gasteiger partial charge in [0.15, 0.2) is 17.2 Å². The number of carbonyl (C=O) groups excluding carboxylic acids is 1. The Kier molecular flexibility index (Phi) is 6.58. The van der Waals surface area contributed by atoms with Crippen molar-refractivity contribution in [3.63, 3.8) is 0 Å². The molecule has 178 valence electrons. The summed E-state index contributed by atoms with van der Waals surface area (Å²) in [5, 5.41) is 11.9. The van der Waals surface area contributed by atoms with Crippen molar-refractivity contribution in [3.8, 4) is 22.1 Å². The van der Waals surface area contributed by atoms with Crippen LogP contribution in [0.25, 0.3) is 22.1 Å². The molecule has 4 aromatic rings. The predicted octanol–water partition coefficient (Wildman–Crippen LogP) is 5.16. The van der Waals surface area contributed by atoms with Crippen LogP contribution in [0.3, 0.4) is 0 Å². The molecule has 1 aliphatic heterocycles. The Hall–Kier alpha value is -2.88. The molecule has 0 bridgehead atoms. The summed E-state index contributed by atoms with van der Waals surface area (Å²) >= 11 is 7.47. The molecule has 0 atom stereocenters. The summed E-state index contributed by atoms with van der Waals surface area (Å²) in [4.78, 5) is 16.4. The van der Waals surface area contributed by atoms with Crippen LogP contribution in [0.4, 0.5) is 0 Å². The van der Waals surface area contributed by atoms with Gasteiger partial charge in [0.05, 0.1) is 22.0 Å². The Morgan fingerprint density at radius 3 is 2.74 bits per heavy atom. The van der Waals surface area contributed by atoms with Crippen molar-refractivity contribution in [2.24, 2.45) is 0 Å². The Morgan fingerprint density at radius 1 is 1.24 bits per heavy atom. The molecule has 0 spiro atoms. The molecule has 4 aromatic heterocycles. The van der Waals surface area contributed by atoms with Crippen LogP contribution in [0.15, 0.2) is 51.6 Å². The third-order valence-electron chi connectivity index (χ3n) is 6.07. The number of nitrogens with zero attached hydrogens (tertiary/aromatic N) is 4. The SMILES string of the molecule is CC(C)N1CCC(NC(=O)c2cc(-c3ccco3)n(Cc3cc(-c4ccc(Cl)s4)on3)n2)CC1. The fraction of sp³-hybridized carbons (Fsp3) is 0.375. The normalized spacial score (nSPS) is 15.3. The highest BCUT2D eigenvalue weighted by atomic mass is 35.5. The third kappa shape index (κ3) is 4.96. The van der Waals surface area contributed by atoms with E-state index in [9.17, 15) is 4.79 Å². The molecule has 1 saturated heterocycles. The van der Waals surface area contributed by atoms with Gasteiger partial charge in [-0.25, -0.2) is 0 Å². The summed E-state index contributed by atoms with van der Waals surface area (Å²) in [5.74, 6) is 1.10. The number of thiophene rings is 1. The molecule has 1 N–H and O–H groups in total. The molecule has 8 nitrogen and oxygen atoms in total. The number of likely N-dealkylation sites (tertiary alicyclic amines) is 1. The van der Waals surface area contributed by atoms with Gasteiger partial charge in [-0.2, -0.15) is 5.10 Å². The van der Waals surface area contributed by atoms with Gasteiger partial charge in [-0.3, -0.25) is 9.48 Å². The monoisotopic (exact) mass is 499 g/mol. The predicted molar refractivity (Wildman–Crippen MR) is 131 cm³/mol. The zero-order chi connectivity index (χ0) is 23.7. The van der Waals surface area contributed by atoms with Crippen LogP contribution in [-0.4, -0.2) is 50.9 Å². The maximum Gasteiger partial charge on any atom is 0.272 e. The topological polar surface area (TPSA) is 89.3 Å². The molecule has 0 aliphatic carbocycles. The molecule has 0 saturated carbocycles. The summed E-state index contributed by atoms with van der Waals surface area (Å²) in [5.41, 5.74) is 1.74. The lowest BCUT2D eigenvalue weighted by Crippen LogP contribution is -2.46. The molecule has 1 amide bonds. The molecule has 1 fully saturated rings. The van der Waals surface area contributed by atoms with Crippen molar-refractivity contribution in [2.75, 3.05) is 13.1 Å². The van der Waals surface area contributed by atoms with Gasteiger partial charge < -0.3 is 19.2 Å². The van der Waals surface area contributed by atoms with E-state index in [-0.39, 0.29) is 11.9 Å². The van der Waals surface area contributed by atoms with Crippen LogP contribution in [0, 0.1) is 0 Å². The first-order chi connectivity index (χ1) is 16.5. The highest BCUT2D eigenvalue weighted by Gasteiger charge is 2.25. The number of halogens is 1. The van der Waals surface area contributed by atoms with E-state index in [1.165, 1.54) is 11.3 Å². The number of furan rings is 1. The fourth-order valence-corrected chi connectivity index (χ4v) is 5.18. The van der Waals surface area contributed by atoms with Crippen molar-refractivity contribution in [2.45, 2.75) is 45.3 Å². The van der Waals surface area contributed by atoms with E-state index >= 15 is 0 Å². The highest BCUT2D eigenvalue weighted by Crippen LogP contribution is 2.31. The second-order valence-electron chi connectivity index (χ2n) is 8.71. The maximum absolute atomic E-state index is 13.0. The number of nitrogens with one attached hydrogen (secondary N) is 1. The van der Waals surface area contributed by atoms with E-state index in [4.69, 9.17) is 20.5 Å². The summed E-state index contributed by atoms with van der Waals surface area (Å²) in [6.07, 6.45) is 3.47. The highest BCUT2D eigenvalue weighted by molar-refractivity contribution is 7.19. The van der Waals surface area contributed by atoms with Crippen molar-refractivity contribution >= 4 is 28.8 Å². The molecular weight excluding hydrogens is 474 g/mol. The van der Waals surface area contributed by atoms with Gasteiger partial charge in [-0.1, -0.05) is 16.8 Å². The summed E-state index contributed by atoms with van der Waals surface area (Å²) < 4.78 is 13.5. The molecule has 0 unspecified atom stereocenters. The van der Waals surface area contributed by atoms with Gasteiger partial charge in [0.25, 0.3) is 5.91 Å². The number of carbonyl (C=O) groups is 1. The number of amides is 1. The van der Waals surface area contributed by atoms with E-state index in [0.29, 0.717) is 45.5 Å². The van der Waals surface area contributed by atoms with Crippen LogP contribution in [0.5, 0.6) is 0 Å². The van der Waals surface area contributed by atoms with E-state index in [1.54, 1.807) is 17.0 Å². The second-order valence-corrected chi connectivity index (χ2v) is 10.4. The lowest BCUT2D eigenvalue weighted by Gasteiger charge is -2.34. The largest absolute Gasteiger partial charge is 0.463 e. The number of aromatic nitrogens is 3. The smallest absolute Gasteiger partial charge is 0.272 e. The molecule has 0 aromatic carbocycles. The van der Waals surface area contributed by atoms with E-state index in [1.807, 2.05) is 30.3 Å². The van der Waals surface area contributed by atoms with Crippen molar-refractivity contribution < 1.29 is 13.7 Å². The van der Waals surface area contributed by atoms with Gasteiger partial charge in [0.1, 0.15) is 11.4 Å². The van der Waals surface area contributed by atoms with Crippen LogP contribution < -0.4 is 5.32 Å². The summed E-state index contributed by atoms with van der Waals surface area (Å²) in [6, 6.07) is 11.7. The van der Waals surface area contributed by atoms with Crippen LogP contribution in [0.1, 0.15) is 42.9 Å². The minimum Gasteiger partial charge on any atom is -0.463 e. The lowest BCUT2D eigenvalue weighted by molar-refractivity contribution is 0.0895. The molecule has 5 rings (SSSR count). The number of hydrogen-bond acceptors (Lipinski definition) is 7. The molecule has 5 heterocycles. The average Bonchev–Trinajstić information content (AvgIpc) is 3.61. The quantitative estimate of drug-likeness (QED) is 0.377. The van der Waals surface area contributed by atoms with E-state index in [0.717, 1.165) is 30.8 Å². The van der Waals surface area contributed by atoms with Gasteiger partial charge >= 0.3 is 0 Å². The standard InChI is InChI=1S/C24H26ClN5O3S/c1-15(2)29-9-7-16(8-10-29)26-24(31)18-13-19(20-4-3-11-32-20)30(27-18)14-17-12-21(33-28-17)22-5-6-23(25)34-22/h3-6,11-13,15-16H,7-10,14H2,1-2H3,(H,26,31). The number of hydrogen-bond donors (Lipinski definition) is 1. The zero-order valence-corrected chi connectivity index (χ0v) is 20.6. The van der Waals surface area contributed by atoms with Gasteiger partial charge in [0, 0.05) is 37.3 Å². The maximum atomic E-state index is 13.0. The average molecular weight is 500 g/mol. The van der Waals surface area contributed by atoms with E-state index in [2.05, 4.69) is 34.3 Å².